The van der Waals surface area contributed by atoms with Gasteiger partial charge in [0, 0.05) is 43.1 Å². The molecule has 0 unspecified atom stereocenters. The zero-order chi connectivity index (χ0) is 21.5. The number of pyridine rings is 2. The highest BCUT2D eigenvalue weighted by Crippen LogP contribution is 2.14. The Hall–Kier alpha value is -3.58. The van der Waals surface area contributed by atoms with E-state index in [0.717, 1.165) is 30.5 Å². The van der Waals surface area contributed by atoms with Crippen molar-refractivity contribution in [1.29, 1.82) is 0 Å². The number of hydrogen-bond acceptors (Lipinski definition) is 6. The van der Waals surface area contributed by atoms with Gasteiger partial charge in [0.05, 0.1) is 12.6 Å². The Kier molecular flexibility index (Phi) is 6.64. The first-order chi connectivity index (χ1) is 15.2. The monoisotopic (exact) mass is 415 g/mol. The van der Waals surface area contributed by atoms with Crippen LogP contribution in [0.15, 0.2) is 71.9 Å². The minimum atomic E-state index is -0.0288. The lowest BCUT2D eigenvalue weighted by molar-refractivity contribution is 0.248. The van der Waals surface area contributed by atoms with E-state index in [1.807, 2.05) is 48.7 Å². The Morgan fingerprint density at radius 2 is 1.94 bits per heavy atom. The van der Waals surface area contributed by atoms with Crippen LogP contribution in [0.25, 0.3) is 10.9 Å². The first-order valence-electron chi connectivity index (χ1n) is 10.3. The summed E-state index contributed by atoms with van der Waals surface area (Å²) in [5.74, 6) is 0.578. The molecule has 0 aliphatic carbocycles. The van der Waals surface area contributed by atoms with Crippen LogP contribution in [0.4, 0.5) is 0 Å². The predicted octanol–water partition coefficient (Wildman–Crippen LogP) is 3.36. The van der Waals surface area contributed by atoms with Gasteiger partial charge in [-0.15, -0.1) is 0 Å². The maximum atomic E-state index is 13.0. The van der Waals surface area contributed by atoms with Crippen LogP contribution in [-0.4, -0.2) is 38.7 Å². The molecule has 7 nitrogen and oxygen atoms in total. The smallest absolute Gasteiger partial charge is 0.213 e. The number of nitrogens with zero attached hydrogens (tertiary/aromatic N) is 4. The standard InChI is InChI=1S/C24H25N5O2/c1-31-23-14-19(10-12-26-23)16-29(13-5-7-18-6-4-11-25-15-18)17-22-24(30)20-8-2-3-9-21(20)27-28-22/h2-4,6,8-12,14-15H,5,7,13,16-17H2,1H3,(H,27,30). The van der Waals surface area contributed by atoms with Crippen molar-refractivity contribution >= 4 is 10.9 Å². The molecule has 0 bridgehead atoms. The highest BCUT2D eigenvalue weighted by atomic mass is 16.5. The number of methoxy groups -OCH3 is 1. The minimum absolute atomic E-state index is 0.0288. The quantitative estimate of drug-likeness (QED) is 0.451. The summed E-state index contributed by atoms with van der Waals surface area (Å²) >= 11 is 0. The highest BCUT2D eigenvalue weighted by Gasteiger charge is 2.13. The third kappa shape index (κ3) is 5.32. The Balaban J connectivity index is 1.53. The van der Waals surface area contributed by atoms with Crippen molar-refractivity contribution in [2.75, 3.05) is 13.7 Å². The number of benzene rings is 1. The molecule has 0 spiro atoms. The molecule has 1 aromatic carbocycles. The van der Waals surface area contributed by atoms with E-state index >= 15 is 0 Å². The molecule has 0 fully saturated rings. The van der Waals surface area contributed by atoms with Gasteiger partial charge in [-0.05, 0) is 54.8 Å². The van der Waals surface area contributed by atoms with E-state index in [4.69, 9.17) is 4.74 Å². The van der Waals surface area contributed by atoms with E-state index in [1.165, 1.54) is 5.56 Å². The van der Waals surface area contributed by atoms with Crippen molar-refractivity contribution in [3.63, 3.8) is 0 Å². The molecule has 0 aliphatic heterocycles. The molecule has 0 atom stereocenters. The summed E-state index contributed by atoms with van der Waals surface area (Å²) in [6, 6.07) is 15.4. The van der Waals surface area contributed by atoms with Gasteiger partial charge < -0.3 is 4.74 Å². The lowest BCUT2D eigenvalue weighted by atomic mass is 10.1. The van der Waals surface area contributed by atoms with Gasteiger partial charge in [0.1, 0.15) is 5.69 Å². The Labute approximate surface area is 180 Å². The van der Waals surface area contributed by atoms with Crippen molar-refractivity contribution in [1.82, 2.24) is 25.1 Å². The molecule has 31 heavy (non-hydrogen) atoms. The van der Waals surface area contributed by atoms with Crippen LogP contribution >= 0.6 is 0 Å². The molecule has 1 N–H and O–H groups in total. The van der Waals surface area contributed by atoms with Gasteiger partial charge in [-0.1, -0.05) is 18.2 Å². The molecule has 0 saturated heterocycles. The summed E-state index contributed by atoms with van der Waals surface area (Å²) in [5.41, 5.74) is 3.51. The van der Waals surface area contributed by atoms with Crippen LogP contribution in [0.2, 0.25) is 0 Å². The van der Waals surface area contributed by atoms with Gasteiger partial charge in [0.2, 0.25) is 11.3 Å². The van der Waals surface area contributed by atoms with Gasteiger partial charge in [-0.3, -0.25) is 19.8 Å². The Morgan fingerprint density at radius 1 is 1.03 bits per heavy atom. The zero-order valence-corrected chi connectivity index (χ0v) is 17.5. The SMILES string of the molecule is COc1cc(CN(CCCc2cccnc2)Cc2n[nH]c3ccccc3c2=O)ccn1. The summed E-state index contributed by atoms with van der Waals surface area (Å²) in [5, 5.41) is 8.04. The fourth-order valence-corrected chi connectivity index (χ4v) is 3.62. The molecule has 3 aromatic heterocycles. The summed E-state index contributed by atoms with van der Waals surface area (Å²) in [7, 11) is 1.61. The number of H-pyrrole nitrogens is 1. The fourth-order valence-electron chi connectivity index (χ4n) is 3.62. The van der Waals surface area contributed by atoms with Crippen LogP contribution in [-0.2, 0) is 19.5 Å². The van der Waals surface area contributed by atoms with E-state index in [9.17, 15) is 4.79 Å². The van der Waals surface area contributed by atoms with Crippen LogP contribution in [0.5, 0.6) is 5.88 Å². The molecule has 0 amide bonds. The van der Waals surface area contributed by atoms with E-state index in [0.29, 0.717) is 30.0 Å². The Bertz CT molecular complexity index is 1190. The van der Waals surface area contributed by atoms with Crippen LogP contribution < -0.4 is 10.2 Å². The molecule has 4 rings (SSSR count). The van der Waals surface area contributed by atoms with Gasteiger partial charge in [-0.25, -0.2) is 4.98 Å². The van der Waals surface area contributed by atoms with E-state index < -0.39 is 0 Å². The van der Waals surface area contributed by atoms with Crippen molar-refractivity contribution in [3.05, 3.63) is 94.2 Å². The molecule has 0 saturated carbocycles. The number of aromatic nitrogens is 4. The second-order valence-corrected chi connectivity index (χ2v) is 7.43. The van der Waals surface area contributed by atoms with E-state index in [1.54, 1.807) is 19.5 Å². The third-order valence-corrected chi connectivity index (χ3v) is 5.20. The zero-order valence-electron chi connectivity index (χ0n) is 17.5. The lowest BCUT2D eigenvalue weighted by Crippen LogP contribution is -2.28. The van der Waals surface area contributed by atoms with Crippen molar-refractivity contribution in [3.8, 4) is 5.88 Å². The summed E-state index contributed by atoms with van der Waals surface area (Å²) < 4.78 is 5.26. The van der Waals surface area contributed by atoms with Crippen molar-refractivity contribution in [2.24, 2.45) is 0 Å². The number of rotatable bonds is 9. The maximum Gasteiger partial charge on any atom is 0.213 e. The van der Waals surface area contributed by atoms with Gasteiger partial charge in [0.15, 0.2) is 0 Å². The van der Waals surface area contributed by atoms with Crippen molar-refractivity contribution < 1.29 is 4.74 Å². The first-order valence-corrected chi connectivity index (χ1v) is 10.3. The topological polar surface area (TPSA) is 84.0 Å². The molecular weight excluding hydrogens is 390 g/mol. The molecule has 4 aromatic rings. The van der Waals surface area contributed by atoms with E-state index in [-0.39, 0.29) is 5.43 Å². The third-order valence-electron chi connectivity index (χ3n) is 5.20. The van der Waals surface area contributed by atoms with Gasteiger partial charge in [0.25, 0.3) is 0 Å². The number of ether oxygens (including phenoxy) is 1. The first kappa shape index (κ1) is 20.7. The van der Waals surface area contributed by atoms with Crippen LogP contribution in [0.3, 0.4) is 0 Å². The molecule has 158 valence electrons. The number of hydrogen-bond donors (Lipinski definition) is 1. The number of aryl methyl sites for hydroxylation is 1. The molecule has 3 heterocycles. The normalized spacial score (nSPS) is 11.2. The molecule has 0 radical (unpaired) electrons. The van der Waals surface area contributed by atoms with Gasteiger partial charge >= 0.3 is 0 Å². The number of para-hydroxylation sites is 1. The molecule has 7 heteroatoms. The van der Waals surface area contributed by atoms with Crippen LogP contribution in [0, 0.1) is 0 Å². The lowest BCUT2D eigenvalue weighted by Gasteiger charge is -2.22. The highest BCUT2D eigenvalue weighted by molar-refractivity contribution is 5.77. The fraction of sp³-hybridized carbons (Fsp3) is 0.250. The number of aromatic amines is 1. The van der Waals surface area contributed by atoms with Gasteiger partial charge in [-0.2, -0.15) is 5.10 Å². The predicted molar refractivity (Wildman–Crippen MR) is 120 cm³/mol. The Morgan fingerprint density at radius 3 is 2.77 bits per heavy atom. The summed E-state index contributed by atoms with van der Waals surface area (Å²) in [6.45, 7) is 1.94. The maximum absolute atomic E-state index is 13.0. The van der Waals surface area contributed by atoms with Crippen molar-refractivity contribution in [2.45, 2.75) is 25.9 Å². The second kappa shape index (κ2) is 9.95. The number of nitrogens with one attached hydrogen (secondary N) is 1. The van der Waals surface area contributed by atoms with Crippen LogP contribution in [0.1, 0.15) is 23.2 Å². The molecular formula is C24H25N5O2. The summed E-state index contributed by atoms with van der Waals surface area (Å²) in [4.78, 5) is 23.6. The van der Waals surface area contributed by atoms with E-state index in [2.05, 4.69) is 31.1 Å². The second-order valence-electron chi connectivity index (χ2n) is 7.43. The number of fused-ring (bicyclic) bond motifs is 1. The average molecular weight is 415 g/mol. The summed E-state index contributed by atoms with van der Waals surface area (Å²) in [6.07, 6.45) is 7.28. The minimum Gasteiger partial charge on any atom is -0.481 e. The largest absolute Gasteiger partial charge is 0.481 e. The molecule has 0 aliphatic rings. The average Bonchev–Trinajstić information content (AvgIpc) is 2.82.